The first-order valence-corrected chi connectivity index (χ1v) is 7.69. The van der Waals surface area contributed by atoms with Crippen LogP contribution in [0.5, 0.6) is 0 Å². The predicted molar refractivity (Wildman–Crippen MR) is 76.0 cm³/mol. The number of hydrogen-bond donors (Lipinski definition) is 0. The average molecular weight is 228 g/mol. The zero-order chi connectivity index (χ0) is 12.8. The molecule has 0 heteroatoms. The van der Waals surface area contributed by atoms with Crippen LogP contribution in [0.15, 0.2) is 0 Å². The van der Waals surface area contributed by atoms with Gasteiger partial charge in [-0.25, -0.2) is 0 Å². The summed E-state index contributed by atoms with van der Waals surface area (Å²) < 4.78 is 7.42. The van der Waals surface area contributed by atoms with Crippen LogP contribution in [0, 0.1) is 0 Å². The normalized spacial score (nSPS) is 13.8. The highest BCUT2D eigenvalue weighted by Gasteiger charge is 1.92. The van der Waals surface area contributed by atoms with Crippen LogP contribution in [-0.4, -0.2) is 0 Å². The molecule has 0 aromatic rings. The van der Waals surface area contributed by atoms with Gasteiger partial charge in [-0.15, -0.1) is 0 Å². The maximum absolute atomic E-state index is 7.42. The maximum atomic E-state index is 7.42. The molecule has 0 saturated heterocycles. The van der Waals surface area contributed by atoms with Crippen molar-refractivity contribution in [2.75, 3.05) is 0 Å². The molecule has 1 unspecified atom stereocenters. The summed E-state index contributed by atoms with van der Waals surface area (Å²) in [5.41, 5.74) is 0. The minimum Gasteiger partial charge on any atom is -0.0654 e. The van der Waals surface area contributed by atoms with Gasteiger partial charge in [0.15, 0.2) is 0 Å². The van der Waals surface area contributed by atoms with Crippen molar-refractivity contribution < 1.29 is 1.37 Å². The van der Waals surface area contributed by atoms with Gasteiger partial charge in [-0.2, -0.15) is 0 Å². The molecule has 0 fully saturated rings. The van der Waals surface area contributed by atoms with E-state index in [2.05, 4.69) is 6.92 Å². The third-order valence-corrected chi connectivity index (χ3v) is 3.35. The van der Waals surface area contributed by atoms with Crippen molar-refractivity contribution in [3.63, 3.8) is 0 Å². The monoisotopic (exact) mass is 228 g/mol. The lowest BCUT2D eigenvalue weighted by Gasteiger charge is -2.02. The third-order valence-electron chi connectivity index (χ3n) is 3.35. The Morgan fingerprint density at radius 2 is 0.812 bits per heavy atom. The number of unbranched alkanes of at least 4 members (excludes halogenated alkanes) is 11. The topological polar surface area (TPSA) is 0 Å². The Morgan fingerprint density at radius 3 is 1.12 bits per heavy atom. The quantitative estimate of drug-likeness (QED) is 0.316. The average Bonchev–Trinajstić information content (AvgIpc) is 2.30. The highest BCUT2D eigenvalue weighted by atomic mass is 14.0. The van der Waals surface area contributed by atoms with Gasteiger partial charge in [-0.05, 0) is 0 Å². The van der Waals surface area contributed by atoms with Crippen LogP contribution in [0.2, 0.25) is 0 Å². The Bertz CT molecular complexity index is 131. The zero-order valence-corrected chi connectivity index (χ0v) is 11.8. The molecule has 0 N–H and O–H groups in total. The molecule has 0 amide bonds. The van der Waals surface area contributed by atoms with Crippen molar-refractivity contribution in [3.05, 3.63) is 0 Å². The van der Waals surface area contributed by atoms with E-state index in [0.29, 0.717) is 0 Å². The van der Waals surface area contributed by atoms with E-state index >= 15 is 0 Å². The molecule has 0 nitrogen and oxygen atoms in total. The summed E-state index contributed by atoms with van der Waals surface area (Å²) in [6.45, 7) is 4.28. The van der Waals surface area contributed by atoms with Crippen molar-refractivity contribution in [1.82, 2.24) is 0 Å². The summed E-state index contributed by atoms with van der Waals surface area (Å²) in [5, 5.41) is 0. The molecule has 0 rings (SSSR count). The Balaban J connectivity index is 2.89. The van der Waals surface area contributed by atoms with E-state index in [9.17, 15) is 0 Å². The summed E-state index contributed by atoms with van der Waals surface area (Å²) in [7, 11) is 0. The van der Waals surface area contributed by atoms with Crippen molar-refractivity contribution >= 4 is 0 Å². The second kappa shape index (κ2) is 15.0. The predicted octanol–water partition coefficient (Wildman–Crippen LogP) is 6.49. The fraction of sp³-hybridized carbons (Fsp3) is 1.00. The molecular formula is C16H34. The van der Waals surface area contributed by atoms with Crippen LogP contribution in [0.3, 0.4) is 0 Å². The molecule has 0 heterocycles. The molecular weight excluding hydrogens is 192 g/mol. The summed E-state index contributed by atoms with van der Waals surface area (Å²) in [4.78, 5) is 0. The van der Waals surface area contributed by atoms with Gasteiger partial charge in [0.1, 0.15) is 0 Å². The second-order valence-corrected chi connectivity index (χ2v) is 5.09. The largest absolute Gasteiger partial charge is 0.0654 e. The van der Waals surface area contributed by atoms with Crippen LogP contribution in [0.4, 0.5) is 0 Å². The standard InChI is InChI=1S/C16H34/c1-3-5-7-9-11-13-15-16-14-12-10-8-6-4-2/h3-16H2,1-2H3/i3T. The van der Waals surface area contributed by atoms with Crippen LogP contribution in [0.1, 0.15) is 105 Å². The third kappa shape index (κ3) is 14.0. The SMILES string of the molecule is [3H]C(C)CCCCCCCCCCCCCC. The second-order valence-electron chi connectivity index (χ2n) is 5.09. The van der Waals surface area contributed by atoms with E-state index in [1.807, 2.05) is 6.92 Å². The van der Waals surface area contributed by atoms with E-state index < -0.39 is 0 Å². The van der Waals surface area contributed by atoms with E-state index in [1.165, 1.54) is 77.0 Å². The first-order valence-electron chi connectivity index (χ1n) is 8.27. The van der Waals surface area contributed by atoms with Gasteiger partial charge in [0.05, 0.1) is 0 Å². The molecule has 0 aliphatic heterocycles. The van der Waals surface area contributed by atoms with Crippen molar-refractivity contribution in [3.8, 4) is 0 Å². The number of rotatable bonds is 13. The Labute approximate surface area is 106 Å². The highest BCUT2D eigenvalue weighted by Crippen LogP contribution is 2.12. The van der Waals surface area contributed by atoms with E-state index in [4.69, 9.17) is 1.37 Å². The fourth-order valence-electron chi connectivity index (χ4n) is 2.19. The molecule has 1 atom stereocenters. The van der Waals surface area contributed by atoms with Gasteiger partial charge >= 0.3 is 0 Å². The van der Waals surface area contributed by atoms with Gasteiger partial charge in [0.2, 0.25) is 0 Å². The first-order chi connectivity index (χ1) is 8.27. The molecule has 0 saturated carbocycles. The molecule has 0 spiro atoms. The van der Waals surface area contributed by atoms with E-state index in [0.717, 1.165) is 6.42 Å². The number of hydrogen-bond acceptors (Lipinski definition) is 0. The minimum atomic E-state index is 0.151. The van der Waals surface area contributed by atoms with Crippen molar-refractivity contribution in [2.45, 2.75) is 104 Å². The lowest BCUT2D eigenvalue weighted by Crippen LogP contribution is -1.82. The summed E-state index contributed by atoms with van der Waals surface area (Å²) in [5.74, 6) is 0. The van der Waals surface area contributed by atoms with E-state index in [-0.39, 0.29) is 6.40 Å². The summed E-state index contributed by atoms with van der Waals surface area (Å²) >= 11 is 0. The molecule has 98 valence electrons. The van der Waals surface area contributed by atoms with Gasteiger partial charge in [0, 0.05) is 1.37 Å². The van der Waals surface area contributed by atoms with Gasteiger partial charge in [0.25, 0.3) is 0 Å². The van der Waals surface area contributed by atoms with Crippen molar-refractivity contribution in [2.24, 2.45) is 0 Å². The smallest absolute Gasteiger partial charge is 0.0264 e. The zero-order valence-electron chi connectivity index (χ0n) is 12.8. The van der Waals surface area contributed by atoms with Gasteiger partial charge in [-0.3, -0.25) is 0 Å². The van der Waals surface area contributed by atoms with Crippen LogP contribution >= 0.6 is 0 Å². The van der Waals surface area contributed by atoms with Gasteiger partial charge < -0.3 is 0 Å². The van der Waals surface area contributed by atoms with E-state index in [1.54, 1.807) is 0 Å². The van der Waals surface area contributed by atoms with Crippen molar-refractivity contribution in [1.29, 1.82) is 0 Å². The molecule has 0 bridgehead atoms. The lowest BCUT2D eigenvalue weighted by molar-refractivity contribution is 0.538. The Morgan fingerprint density at radius 1 is 0.500 bits per heavy atom. The molecule has 0 aliphatic carbocycles. The molecule has 0 aromatic heterocycles. The first kappa shape index (κ1) is 14.1. The molecule has 0 aromatic carbocycles. The fourth-order valence-corrected chi connectivity index (χ4v) is 2.19. The Kier molecular flexibility index (Phi) is 13.2. The minimum absolute atomic E-state index is 0.151. The van der Waals surface area contributed by atoms with Crippen LogP contribution in [-0.2, 0) is 0 Å². The van der Waals surface area contributed by atoms with Crippen LogP contribution in [0.25, 0.3) is 0 Å². The maximum Gasteiger partial charge on any atom is 0.0264 e. The van der Waals surface area contributed by atoms with Crippen LogP contribution < -0.4 is 0 Å². The summed E-state index contributed by atoms with van der Waals surface area (Å²) in [6.07, 6.45) is 18.1. The summed E-state index contributed by atoms with van der Waals surface area (Å²) in [6, 6.07) is 0. The lowest BCUT2D eigenvalue weighted by atomic mass is 10.0. The Hall–Kier alpha value is 0. The molecule has 0 aliphatic rings. The van der Waals surface area contributed by atoms with Gasteiger partial charge in [-0.1, -0.05) is 104 Å². The molecule has 16 heavy (non-hydrogen) atoms. The highest BCUT2D eigenvalue weighted by molar-refractivity contribution is 4.48. The molecule has 0 radical (unpaired) electrons.